The molecule has 0 heterocycles. The fraction of sp³-hybridized carbons (Fsp3) is 0.278. The summed E-state index contributed by atoms with van der Waals surface area (Å²) in [4.78, 5) is 12.3. The first kappa shape index (κ1) is 18.1. The Bertz CT molecular complexity index is 736. The highest BCUT2D eigenvalue weighted by molar-refractivity contribution is 6.30. The first-order valence-electron chi connectivity index (χ1n) is 7.39. The summed E-state index contributed by atoms with van der Waals surface area (Å²) in [6, 6.07) is 9.36. The van der Waals surface area contributed by atoms with Crippen molar-refractivity contribution in [3.63, 3.8) is 0 Å². The van der Waals surface area contributed by atoms with E-state index in [1.54, 1.807) is 31.2 Å². The number of carbonyl (C=O) groups excluding carboxylic acids is 1. The number of halogens is 2. The summed E-state index contributed by atoms with van der Waals surface area (Å²) in [5.41, 5.74) is 1.34. The largest absolute Gasteiger partial charge is 0.496 e. The zero-order valence-corrected chi connectivity index (χ0v) is 14.5. The molecule has 0 aromatic heterocycles. The second kappa shape index (κ2) is 8.02. The molecule has 0 saturated heterocycles. The Hall–Kier alpha value is -2.27. The lowest BCUT2D eigenvalue weighted by atomic mass is 10.1. The van der Waals surface area contributed by atoms with Gasteiger partial charge in [-0.25, -0.2) is 4.39 Å². The van der Waals surface area contributed by atoms with Crippen molar-refractivity contribution in [2.45, 2.75) is 19.4 Å². The molecular formula is C18H19ClFNO3. The minimum Gasteiger partial charge on any atom is -0.496 e. The maximum atomic E-state index is 13.8. The third-order valence-electron chi connectivity index (χ3n) is 3.65. The van der Waals surface area contributed by atoms with Gasteiger partial charge < -0.3 is 14.8 Å². The fourth-order valence-corrected chi connectivity index (χ4v) is 2.58. The van der Waals surface area contributed by atoms with Gasteiger partial charge in [0, 0.05) is 10.6 Å². The molecule has 0 unspecified atom stereocenters. The Morgan fingerprint density at radius 2 is 1.83 bits per heavy atom. The van der Waals surface area contributed by atoms with Gasteiger partial charge in [-0.05, 0) is 42.8 Å². The number of amides is 1. The molecule has 2 aromatic rings. The second-order valence-corrected chi connectivity index (χ2v) is 5.75. The zero-order chi connectivity index (χ0) is 17.7. The van der Waals surface area contributed by atoms with Crippen LogP contribution in [0.4, 0.5) is 4.39 Å². The molecule has 1 atom stereocenters. The maximum Gasteiger partial charge on any atom is 0.225 e. The van der Waals surface area contributed by atoms with E-state index in [2.05, 4.69) is 5.32 Å². The minimum absolute atomic E-state index is 0.118. The zero-order valence-electron chi connectivity index (χ0n) is 13.7. The molecule has 6 heteroatoms. The van der Waals surface area contributed by atoms with Crippen LogP contribution in [-0.2, 0) is 11.2 Å². The molecule has 2 aromatic carbocycles. The molecular weight excluding hydrogens is 333 g/mol. The second-order valence-electron chi connectivity index (χ2n) is 5.32. The highest BCUT2D eigenvalue weighted by atomic mass is 35.5. The average molecular weight is 352 g/mol. The predicted octanol–water partition coefficient (Wildman–Crippen LogP) is 3.92. The van der Waals surface area contributed by atoms with Crippen LogP contribution in [0.15, 0.2) is 36.4 Å². The molecule has 0 aliphatic rings. The Morgan fingerprint density at radius 3 is 2.46 bits per heavy atom. The van der Waals surface area contributed by atoms with Gasteiger partial charge in [-0.15, -0.1) is 0 Å². The molecule has 24 heavy (non-hydrogen) atoms. The van der Waals surface area contributed by atoms with E-state index >= 15 is 0 Å². The van der Waals surface area contributed by atoms with Crippen LogP contribution in [0.3, 0.4) is 0 Å². The summed E-state index contributed by atoms with van der Waals surface area (Å²) >= 11 is 5.96. The molecule has 0 radical (unpaired) electrons. The fourth-order valence-electron chi connectivity index (χ4n) is 2.39. The van der Waals surface area contributed by atoms with Gasteiger partial charge in [0.25, 0.3) is 0 Å². The molecule has 0 fully saturated rings. The number of hydrogen-bond acceptors (Lipinski definition) is 3. The van der Waals surface area contributed by atoms with E-state index in [1.807, 2.05) is 0 Å². The molecule has 1 N–H and O–H groups in total. The van der Waals surface area contributed by atoms with Crippen LogP contribution in [0.25, 0.3) is 0 Å². The number of benzene rings is 2. The third kappa shape index (κ3) is 4.38. The molecule has 128 valence electrons. The van der Waals surface area contributed by atoms with E-state index in [-0.39, 0.29) is 24.1 Å². The number of hydrogen-bond donors (Lipinski definition) is 1. The van der Waals surface area contributed by atoms with E-state index in [9.17, 15) is 9.18 Å². The number of methoxy groups -OCH3 is 2. The summed E-state index contributed by atoms with van der Waals surface area (Å²) in [6.07, 6.45) is 0.118. The van der Waals surface area contributed by atoms with Crippen LogP contribution >= 0.6 is 11.6 Å². The molecule has 0 aliphatic carbocycles. The smallest absolute Gasteiger partial charge is 0.225 e. The van der Waals surface area contributed by atoms with Crippen LogP contribution in [0.2, 0.25) is 5.02 Å². The molecule has 0 saturated carbocycles. The lowest BCUT2D eigenvalue weighted by Gasteiger charge is -2.16. The SMILES string of the molecule is COc1ccc([C@H](C)NC(=O)Cc2cc(Cl)ccc2OC)cc1F. The molecule has 1 amide bonds. The first-order chi connectivity index (χ1) is 11.4. The van der Waals surface area contributed by atoms with Crippen molar-refractivity contribution in [1.29, 1.82) is 0 Å². The standard InChI is InChI=1S/C18H19ClFNO3/c1-11(12-4-6-17(24-3)15(20)9-12)21-18(22)10-13-8-14(19)5-7-16(13)23-2/h4-9,11H,10H2,1-3H3,(H,21,22)/t11-/m0/s1. The Labute approximate surface area is 145 Å². The number of carbonyl (C=O) groups is 1. The predicted molar refractivity (Wildman–Crippen MR) is 91.2 cm³/mol. The van der Waals surface area contributed by atoms with Crippen molar-refractivity contribution in [2.75, 3.05) is 14.2 Å². The van der Waals surface area contributed by atoms with Gasteiger partial charge in [0.15, 0.2) is 11.6 Å². The molecule has 0 aliphatic heterocycles. The third-order valence-corrected chi connectivity index (χ3v) is 3.88. The van der Waals surface area contributed by atoms with E-state index < -0.39 is 5.82 Å². The van der Waals surface area contributed by atoms with Crippen LogP contribution in [0.1, 0.15) is 24.1 Å². The highest BCUT2D eigenvalue weighted by Gasteiger charge is 2.14. The Kier molecular flexibility index (Phi) is 6.04. The van der Waals surface area contributed by atoms with Crippen molar-refractivity contribution in [3.8, 4) is 11.5 Å². The molecule has 0 bridgehead atoms. The number of rotatable bonds is 6. The normalized spacial score (nSPS) is 11.7. The van der Waals surface area contributed by atoms with Crippen LogP contribution in [0.5, 0.6) is 11.5 Å². The van der Waals surface area contributed by atoms with Crippen LogP contribution in [-0.4, -0.2) is 20.1 Å². The van der Waals surface area contributed by atoms with Gasteiger partial charge in [-0.3, -0.25) is 4.79 Å². The van der Waals surface area contributed by atoms with Crippen molar-refractivity contribution in [1.82, 2.24) is 5.32 Å². The van der Waals surface area contributed by atoms with Gasteiger partial charge in [-0.1, -0.05) is 17.7 Å². The summed E-state index contributed by atoms with van der Waals surface area (Å²) in [7, 11) is 2.94. The topological polar surface area (TPSA) is 47.6 Å². The number of ether oxygens (including phenoxy) is 2. The maximum absolute atomic E-state index is 13.8. The quantitative estimate of drug-likeness (QED) is 0.858. The van der Waals surface area contributed by atoms with E-state index in [0.717, 1.165) is 0 Å². The lowest BCUT2D eigenvalue weighted by Crippen LogP contribution is -2.28. The van der Waals surface area contributed by atoms with Crippen LogP contribution < -0.4 is 14.8 Å². The van der Waals surface area contributed by atoms with E-state index in [0.29, 0.717) is 21.9 Å². The van der Waals surface area contributed by atoms with Crippen molar-refractivity contribution >= 4 is 17.5 Å². The van der Waals surface area contributed by atoms with E-state index in [4.69, 9.17) is 21.1 Å². The van der Waals surface area contributed by atoms with E-state index in [1.165, 1.54) is 26.4 Å². The van der Waals surface area contributed by atoms with Gasteiger partial charge in [0.2, 0.25) is 5.91 Å². The highest BCUT2D eigenvalue weighted by Crippen LogP contribution is 2.24. The van der Waals surface area contributed by atoms with Gasteiger partial charge in [-0.2, -0.15) is 0 Å². The van der Waals surface area contributed by atoms with Crippen molar-refractivity contribution < 1.29 is 18.7 Å². The van der Waals surface area contributed by atoms with Gasteiger partial charge >= 0.3 is 0 Å². The Morgan fingerprint density at radius 1 is 1.17 bits per heavy atom. The molecule has 0 spiro atoms. The summed E-state index contributed by atoms with van der Waals surface area (Å²) < 4.78 is 23.9. The summed E-state index contributed by atoms with van der Waals surface area (Å²) in [5.74, 6) is 0.0885. The van der Waals surface area contributed by atoms with Crippen molar-refractivity contribution in [3.05, 3.63) is 58.4 Å². The molecule has 2 rings (SSSR count). The van der Waals surface area contributed by atoms with Gasteiger partial charge in [0.1, 0.15) is 5.75 Å². The average Bonchev–Trinajstić information content (AvgIpc) is 2.54. The number of nitrogens with one attached hydrogen (secondary N) is 1. The Balaban J connectivity index is 2.07. The summed E-state index contributed by atoms with van der Waals surface area (Å²) in [6.45, 7) is 1.79. The minimum atomic E-state index is -0.465. The first-order valence-corrected chi connectivity index (χ1v) is 7.77. The summed E-state index contributed by atoms with van der Waals surface area (Å²) in [5, 5.41) is 3.37. The lowest BCUT2D eigenvalue weighted by molar-refractivity contribution is -0.121. The van der Waals surface area contributed by atoms with Crippen molar-refractivity contribution in [2.24, 2.45) is 0 Å². The monoisotopic (exact) mass is 351 g/mol. The van der Waals surface area contributed by atoms with Crippen LogP contribution in [0, 0.1) is 5.82 Å². The van der Waals surface area contributed by atoms with Gasteiger partial charge in [0.05, 0.1) is 26.7 Å². The molecule has 4 nitrogen and oxygen atoms in total.